The van der Waals surface area contributed by atoms with E-state index in [-0.39, 0.29) is 0 Å². The summed E-state index contributed by atoms with van der Waals surface area (Å²) in [5.74, 6) is 0.102. The summed E-state index contributed by atoms with van der Waals surface area (Å²) in [6.45, 7) is 0. The minimum absolute atomic E-state index is 0.338. The zero-order valence-corrected chi connectivity index (χ0v) is 8.76. The first-order valence-corrected chi connectivity index (χ1v) is 4.65. The van der Waals surface area contributed by atoms with E-state index in [1.165, 1.54) is 0 Å². The number of ether oxygens (including phenoxy) is 1. The molecule has 15 heavy (non-hydrogen) atoms. The molecular weight excluding hydrogens is 216 g/mol. The van der Waals surface area contributed by atoms with Gasteiger partial charge in [0.05, 0.1) is 12.6 Å². The molecule has 0 spiro atoms. The summed E-state index contributed by atoms with van der Waals surface area (Å²) in [6.07, 6.45) is 0. The number of aromatic nitrogens is 1. The molecule has 0 atom stereocenters. The fourth-order valence-electron chi connectivity index (χ4n) is 1.47. The molecular formula is C10H9ClN2O2. The van der Waals surface area contributed by atoms with Crippen molar-refractivity contribution in [3.63, 3.8) is 0 Å². The summed E-state index contributed by atoms with van der Waals surface area (Å²) in [5.41, 5.74) is 6.23. The smallest absolute Gasteiger partial charge is 0.265 e. The fraction of sp³-hybridized carbons (Fsp3) is 0.100. The van der Waals surface area contributed by atoms with E-state index in [0.29, 0.717) is 16.5 Å². The monoisotopic (exact) mass is 224 g/mol. The van der Waals surface area contributed by atoms with Crippen molar-refractivity contribution in [3.05, 3.63) is 28.9 Å². The summed E-state index contributed by atoms with van der Waals surface area (Å²) < 4.78 is 5.14. The third kappa shape index (κ3) is 1.64. The minimum Gasteiger partial charge on any atom is -0.496 e. The fourth-order valence-corrected chi connectivity index (χ4v) is 1.68. The predicted octanol–water partition coefficient (Wildman–Crippen LogP) is 1.93. The van der Waals surface area contributed by atoms with Crippen molar-refractivity contribution in [2.24, 2.45) is 5.73 Å². The molecule has 0 saturated carbocycles. The standard InChI is InChI=1S/C10H9ClN2O2/c1-15-9-3-5(11)2-7-6(9)4-8(13-7)10(12)14/h2-4,13H,1H3,(H2,12,14). The molecule has 0 unspecified atom stereocenters. The number of benzene rings is 1. The van der Waals surface area contributed by atoms with E-state index in [9.17, 15) is 4.79 Å². The average Bonchev–Trinajstić information content (AvgIpc) is 2.59. The lowest BCUT2D eigenvalue weighted by Crippen LogP contribution is -2.10. The molecule has 0 fully saturated rings. The number of rotatable bonds is 2. The summed E-state index contributed by atoms with van der Waals surface area (Å²) in [6, 6.07) is 5.04. The van der Waals surface area contributed by atoms with Crippen LogP contribution in [0, 0.1) is 0 Å². The first-order valence-electron chi connectivity index (χ1n) is 4.28. The van der Waals surface area contributed by atoms with Crippen LogP contribution in [-0.4, -0.2) is 18.0 Å². The Morgan fingerprint density at radius 2 is 2.20 bits per heavy atom. The number of methoxy groups -OCH3 is 1. The molecule has 0 saturated heterocycles. The molecule has 0 radical (unpaired) electrons. The van der Waals surface area contributed by atoms with Crippen molar-refractivity contribution in [1.29, 1.82) is 0 Å². The molecule has 0 aliphatic carbocycles. The molecule has 5 heteroatoms. The lowest BCUT2D eigenvalue weighted by molar-refractivity contribution is 0.0996. The Morgan fingerprint density at radius 1 is 1.47 bits per heavy atom. The van der Waals surface area contributed by atoms with Gasteiger partial charge in [-0.2, -0.15) is 0 Å². The quantitative estimate of drug-likeness (QED) is 0.819. The van der Waals surface area contributed by atoms with Crippen LogP contribution in [0.15, 0.2) is 18.2 Å². The largest absolute Gasteiger partial charge is 0.496 e. The van der Waals surface area contributed by atoms with Gasteiger partial charge in [-0.3, -0.25) is 4.79 Å². The van der Waals surface area contributed by atoms with Crippen molar-refractivity contribution in [3.8, 4) is 5.75 Å². The first-order chi connectivity index (χ1) is 7.11. The third-order valence-corrected chi connectivity index (χ3v) is 2.37. The number of H-pyrrole nitrogens is 1. The number of hydrogen-bond donors (Lipinski definition) is 2. The average molecular weight is 225 g/mol. The molecule has 0 aliphatic rings. The van der Waals surface area contributed by atoms with Crippen LogP contribution in [0.25, 0.3) is 10.9 Å². The Kier molecular flexibility index (Phi) is 2.28. The van der Waals surface area contributed by atoms with Crippen LogP contribution in [0.2, 0.25) is 5.02 Å². The normalized spacial score (nSPS) is 10.5. The van der Waals surface area contributed by atoms with Gasteiger partial charge in [0.25, 0.3) is 5.91 Å². The van der Waals surface area contributed by atoms with Gasteiger partial charge in [-0.1, -0.05) is 11.6 Å². The molecule has 1 aromatic heterocycles. The molecule has 0 bridgehead atoms. The maximum atomic E-state index is 11.0. The molecule has 1 amide bonds. The van der Waals surface area contributed by atoms with Gasteiger partial charge < -0.3 is 15.5 Å². The number of primary amides is 1. The molecule has 0 aliphatic heterocycles. The minimum atomic E-state index is -0.510. The number of nitrogens with two attached hydrogens (primary N) is 1. The summed E-state index contributed by atoms with van der Waals surface area (Å²) >= 11 is 5.88. The van der Waals surface area contributed by atoms with Gasteiger partial charge in [0.2, 0.25) is 0 Å². The topological polar surface area (TPSA) is 68.1 Å². The van der Waals surface area contributed by atoms with Crippen LogP contribution in [0.1, 0.15) is 10.5 Å². The molecule has 1 aromatic carbocycles. The van der Waals surface area contributed by atoms with Crippen LogP contribution in [0.3, 0.4) is 0 Å². The van der Waals surface area contributed by atoms with E-state index in [1.54, 1.807) is 25.3 Å². The SMILES string of the molecule is COc1cc(Cl)cc2[nH]c(C(N)=O)cc12. The highest BCUT2D eigenvalue weighted by atomic mass is 35.5. The van der Waals surface area contributed by atoms with E-state index in [0.717, 1.165) is 10.9 Å². The first kappa shape index (κ1) is 9.86. The molecule has 78 valence electrons. The van der Waals surface area contributed by atoms with Gasteiger partial charge in [-0.15, -0.1) is 0 Å². The summed E-state index contributed by atoms with van der Waals surface area (Å²) in [4.78, 5) is 13.8. The number of aromatic amines is 1. The van der Waals surface area contributed by atoms with Crippen LogP contribution >= 0.6 is 11.6 Å². The number of carbonyl (C=O) groups excluding carboxylic acids is 1. The molecule has 4 nitrogen and oxygen atoms in total. The Balaban J connectivity index is 2.74. The highest BCUT2D eigenvalue weighted by Crippen LogP contribution is 2.30. The third-order valence-electron chi connectivity index (χ3n) is 2.15. The molecule has 3 N–H and O–H groups in total. The maximum Gasteiger partial charge on any atom is 0.265 e. The molecule has 2 rings (SSSR count). The van der Waals surface area contributed by atoms with Gasteiger partial charge >= 0.3 is 0 Å². The van der Waals surface area contributed by atoms with Gasteiger partial charge in [-0.05, 0) is 18.2 Å². The number of fused-ring (bicyclic) bond motifs is 1. The predicted molar refractivity (Wildman–Crippen MR) is 58.4 cm³/mol. The van der Waals surface area contributed by atoms with E-state index < -0.39 is 5.91 Å². The number of hydrogen-bond acceptors (Lipinski definition) is 2. The number of amides is 1. The van der Waals surface area contributed by atoms with E-state index in [4.69, 9.17) is 22.1 Å². The Labute approximate surface area is 91.0 Å². The zero-order chi connectivity index (χ0) is 11.0. The maximum absolute atomic E-state index is 11.0. The lowest BCUT2D eigenvalue weighted by Gasteiger charge is -2.01. The van der Waals surface area contributed by atoms with Crippen LogP contribution in [0.5, 0.6) is 5.75 Å². The van der Waals surface area contributed by atoms with Crippen LogP contribution in [-0.2, 0) is 0 Å². The summed E-state index contributed by atoms with van der Waals surface area (Å²) in [5, 5.41) is 1.33. The second kappa shape index (κ2) is 3.47. The highest BCUT2D eigenvalue weighted by Gasteiger charge is 2.10. The zero-order valence-electron chi connectivity index (χ0n) is 8.00. The van der Waals surface area contributed by atoms with E-state index in [1.807, 2.05) is 0 Å². The highest BCUT2D eigenvalue weighted by molar-refractivity contribution is 6.31. The Bertz CT molecular complexity index is 533. The van der Waals surface area contributed by atoms with Crippen LogP contribution in [0.4, 0.5) is 0 Å². The van der Waals surface area contributed by atoms with E-state index >= 15 is 0 Å². The van der Waals surface area contributed by atoms with Crippen LogP contribution < -0.4 is 10.5 Å². The molecule has 2 aromatic rings. The van der Waals surface area contributed by atoms with Gasteiger partial charge in [0.1, 0.15) is 11.4 Å². The molecule has 1 heterocycles. The van der Waals surface area contributed by atoms with Crippen molar-refractivity contribution in [2.45, 2.75) is 0 Å². The number of carbonyl (C=O) groups is 1. The number of halogens is 1. The van der Waals surface area contributed by atoms with Crippen molar-refractivity contribution in [2.75, 3.05) is 7.11 Å². The second-order valence-electron chi connectivity index (χ2n) is 3.12. The van der Waals surface area contributed by atoms with E-state index in [2.05, 4.69) is 4.98 Å². The van der Waals surface area contributed by atoms with Crippen molar-refractivity contribution in [1.82, 2.24) is 4.98 Å². The Hall–Kier alpha value is -1.68. The van der Waals surface area contributed by atoms with Gasteiger partial charge in [0.15, 0.2) is 0 Å². The van der Waals surface area contributed by atoms with Crippen molar-refractivity contribution >= 4 is 28.4 Å². The lowest BCUT2D eigenvalue weighted by atomic mass is 10.2. The summed E-state index contributed by atoms with van der Waals surface area (Å²) in [7, 11) is 1.54. The second-order valence-corrected chi connectivity index (χ2v) is 3.55. The van der Waals surface area contributed by atoms with Crippen molar-refractivity contribution < 1.29 is 9.53 Å². The number of nitrogens with one attached hydrogen (secondary N) is 1. The Morgan fingerprint density at radius 3 is 2.80 bits per heavy atom. The van der Waals surface area contributed by atoms with Gasteiger partial charge in [-0.25, -0.2) is 0 Å². The van der Waals surface area contributed by atoms with Gasteiger partial charge in [0, 0.05) is 10.4 Å².